The molecule has 80 valence electrons. The summed E-state index contributed by atoms with van der Waals surface area (Å²) < 4.78 is 2.07. The van der Waals surface area contributed by atoms with Crippen molar-refractivity contribution >= 4 is 16.5 Å². The van der Waals surface area contributed by atoms with Crippen LogP contribution in [0.25, 0.3) is 0 Å². The summed E-state index contributed by atoms with van der Waals surface area (Å²) in [6.07, 6.45) is 3.76. The molecular weight excluding hydrogens is 210 g/mol. The summed E-state index contributed by atoms with van der Waals surface area (Å²) >= 11 is 1.41. The number of aromatic nitrogens is 4. The van der Waals surface area contributed by atoms with Crippen molar-refractivity contribution in [3.05, 3.63) is 23.2 Å². The molecule has 0 atom stereocenters. The maximum atomic E-state index is 5.53. The summed E-state index contributed by atoms with van der Waals surface area (Å²) in [5.41, 5.74) is 5.53. The number of nitrogens with zero attached hydrogens (tertiary/aromatic N) is 4. The fourth-order valence-electron chi connectivity index (χ4n) is 1.43. The molecule has 0 bridgehead atoms. The van der Waals surface area contributed by atoms with Gasteiger partial charge < -0.3 is 10.3 Å². The van der Waals surface area contributed by atoms with Crippen LogP contribution in [-0.4, -0.2) is 19.7 Å². The Morgan fingerprint density at radius 3 is 2.87 bits per heavy atom. The van der Waals surface area contributed by atoms with Crippen LogP contribution in [0.3, 0.4) is 0 Å². The fourth-order valence-corrected chi connectivity index (χ4v) is 2.04. The molecule has 2 rings (SSSR count). The third kappa shape index (κ3) is 2.15. The van der Waals surface area contributed by atoms with Gasteiger partial charge in [0.2, 0.25) is 5.13 Å². The third-order valence-electron chi connectivity index (χ3n) is 2.05. The topological polar surface area (TPSA) is 69.6 Å². The zero-order chi connectivity index (χ0) is 10.8. The van der Waals surface area contributed by atoms with Gasteiger partial charge in [0.15, 0.2) is 0 Å². The van der Waals surface area contributed by atoms with Crippen molar-refractivity contribution in [1.29, 1.82) is 0 Å². The Morgan fingerprint density at radius 1 is 1.47 bits per heavy atom. The van der Waals surface area contributed by atoms with Crippen LogP contribution in [0.1, 0.15) is 30.6 Å². The predicted molar refractivity (Wildman–Crippen MR) is 59.7 cm³/mol. The zero-order valence-corrected chi connectivity index (χ0v) is 9.53. The Labute approximate surface area is 92.0 Å². The molecule has 0 spiro atoms. The minimum atomic E-state index is 0.408. The van der Waals surface area contributed by atoms with E-state index in [2.05, 4.69) is 33.6 Å². The number of anilines is 1. The van der Waals surface area contributed by atoms with Crippen LogP contribution in [0.2, 0.25) is 0 Å². The quantitative estimate of drug-likeness (QED) is 0.855. The number of imidazole rings is 1. The van der Waals surface area contributed by atoms with Crippen LogP contribution in [0.15, 0.2) is 12.4 Å². The van der Waals surface area contributed by atoms with E-state index in [-0.39, 0.29) is 0 Å². The SMILES string of the molecule is CC(C)c1nccn1Cc1nnc(N)s1. The lowest BCUT2D eigenvalue weighted by molar-refractivity contribution is 0.664. The van der Waals surface area contributed by atoms with Crippen LogP contribution in [0, 0.1) is 0 Å². The highest BCUT2D eigenvalue weighted by Gasteiger charge is 2.09. The van der Waals surface area contributed by atoms with E-state index in [1.807, 2.05) is 6.20 Å². The fraction of sp³-hybridized carbons (Fsp3) is 0.444. The van der Waals surface area contributed by atoms with Gasteiger partial charge in [-0.15, -0.1) is 10.2 Å². The number of hydrogen-bond acceptors (Lipinski definition) is 5. The van der Waals surface area contributed by atoms with Crippen molar-refractivity contribution in [3.63, 3.8) is 0 Å². The molecule has 0 aliphatic heterocycles. The van der Waals surface area contributed by atoms with E-state index < -0.39 is 0 Å². The second kappa shape index (κ2) is 3.98. The molecule has 0 saturated heterocycles. The van der Waals surface area contributed by atoms with E-state index in [9.17, 15) is 0 Å². The summed E-state index contributed by atoms with van der Waals surface area (Å²) in [6, 6.07) is 0. The van der Waals surface area contributed by atoms with Gasteiger partial charge in [0.1, 0.15) is 10.8 Å². The van der Waals surface area contributed by atoms with Crippen LogP contribution in [0.4, 0.5) is 5.13 Å². The lowest BCUT2D eigenvalue weighted by atomic mass is 10.2. The molecule has 0 aliphatic rings. The van der Waals surface area contributed by atoms with Crippen LogP contribution < -0.4 is 5.73 Å². The third-order valence-corrected chi connectivity index (χ3v) is 2.79. The minimum absolute atomic E-state index is 0.408. The Balaban J connectivity index is 2.20. The summed E-state index contributed by atoms with van der Waals surface area (Å²) in [7, 11) is 0. The molecule has 0 unspecified atom stereocenters. The van der Waals surface area contributed by atoms with Crippen LogP contribution in [-0.2, 0) is 6.54 Å². The van der Waals surface area contributed by atoms with E-state index in [0.29, 0.717) is 17.6 Å². The monoisotopic (exact) mass is 223 g/mol. The number of nitrogen functional groups attached to an aromatic ring is 1. The Morgan fingerprint density at radius 2 is 2.27 bits per heavy atom. The van der Waals surface area contributed by atoms with Gasteiger partial charge in [0, 0.05) is 18.3 Å². The lowest BCUT2D eigenvalue weighted by Gasteiger charge is -2.07. The van der Waals surface area contributed by atoms with Crippen molar-refractivity contribution in [2.75, 3.05) is 5.73 Å². The highest BCUT2D eigenvalue weighted by atomic mass is 32.1. The van der Waals surface area contributed by atoms with Crippen molar-refractivity contribution in [1.82, 2.24) is 19.7 Å². The molecule has 2 heterocycles. The van der Waals surface area contributed by atoms with Gasteiger partial charge in [0.25, 0.3) is 0 Å². The number of nitrogens with two attached hydrogens (primary N) is 1. The highest BCUT2D eigenvalue weighted by Crippen LogP contribution is 2.16. The molecule has 6 heteroatoms. The lowest BCUT2D eigenvalue weighted by Crippen LogP contribution is -2.05. The summed E-state index contributed by atoms with van der Waals surface area (Å²) in [6.45, 7) is 4.93. The molecule has 2 aromatic rings. The molecule has 0 fully saturated rings. The highest BCUT2D eigenvalue weighted by molar-refractivity contribution is 7.15. The molecule has 15 heavy (non-hydrogen) atoms. The van der Waals surface area contributed by atoms with Gasteiger partial charge in [-0.2, -0.15) is 0 Å². The average molecular weight is 223 g/mol. The Hall–Kier alpha value is -1.43. The van der Waals surface area contributed by atoms with Crippen molar-refractivity contribution < 1.29 is 0 Å². The van der Waals surface area contributed by atoms with Gasteiger partial charge in [-0.1, -0.05) is 25.2 Å². The number of rotatable bonds is 3. The van der Waals surface area contributed by atoms with Gasteiger partial charge in [0.05, 0.1) is 6.54 Å². The van der Waals surface area contributed by atoms with Crippen molar-refractivity contribution in [2.24, 2.45) is 0 Å². The zero-order valence-electron chi connectivity index (χ0n) is 8.71. The average Bonchev–Trinajstić information content (AvgIpc) is 2.75. The van der Waals surface area contributed by atoms with Gasteiger partial charge >= 0.3 is 0 Å². The smallest absolute Gasteiger partial charge is 0.203 e. The Kier molecular flexibility index (Phi) is 2.68. The first-order valence-corrected chi connectivity index (χ1v) is 5.57. The molecule has 5 nitrogen and oxygen atoms in total. The first-order valence-electron chi connectivity index (χ1n) is 4.75. The molecule has 2 aromatic heterocycles. The van der Waals surface area contributed by atoms with E-state index >= 15 is 0 Å². The van der Waals surface area contributed by atoms with Gasteiger partial charge in [-0.25, -0.2) is 4.98 Å². The predicted octanol–water partition coefficient (Wildman–Crippen LogP) is 1.49. The summed E-state index contributed by atoms with van der Waals surface area (Å²) in [5.74, 6) is 1.47. The Bertz CT molecular complexity index is 445. The minimum Gasteiger partial charge on any atom is -0.374 e. The van der Waals surface area contributed by atoms with Crippen molar-refractivity contribution in [2.45, 2.75) is 26.3 Å². The normalized spacial score (nSPS) is 11.1. The largest absolute Gasteiger partial charge is 0.374 e. The van der Waals surface area contributed by atoms with Crippen molar-refractivity contribution in [3.8, 4) is 0 Å². The molecule has 0 saturated carbocycles. The molecule has 2 N–H and O–H groups in total. The van der Waals surface area contributed by atoms with E-state index in [0.717, 1.165) is 10.8 Å². The molecular formula is C9H13N5S. The molecule has 0 aromatic carbocycles. The maximum Gasteiger partial charge on any atom is 0.203 e. The second-order valence-electron chi connectivity index (χ2n) is 3.60. The van der Waals surface area contributed by atoms with E-state index in [1.165, 1.54) is 11.3 Å². The summed E-state index contributed by atoms with van der Waals surface area (Å²) in [5, 5.41) is 9.19. The van der Waals surface area contributed by atoms with Crippen LogP contribution in [0.5, 0.6) is 0 Å². The molecule has 0 radical (unpaired) electrons. The number of hydrogen-bond donors (Lipinski definition) is 1. The first kappa shape index (κ1) is 10.1. The van der Waals surface area contributed by atoms with Crippen LogP contribution >= 0.6 is 11.3 Å². The molecule has 0 aliphatic carbocycles. The molecule has 0 amide bonds. The summed E-state index contributed by atoms with van der Waals surface area (Å²) in [4.78, 5) is 4.31. The van der Waals surface area contributed by atoms with Gasteiger partial charge in [-0.05, 0) is 0 Å². The standard InChI is InChI=1S/C9H13N5S/c1-6(2)8-11-3-4-14(8)5-7-12-13-9(10)15-7/h3-4,6H,5H2,1-2H3,(H2,10,13). The second-order valence-corrected chi connectivity index (χ2v) is 4.70. The van der Waals surface area contributed by atoms with E-state index in [4.69, 9.17) is 5.73 Å². The van der Waals surface area contributed by atoms with E-state index in [1.54, 1.807) is 6.20 Å². The maximum absolute atomic E-state index is 5.53. The first-order chi connectivity index (χ1) is 7.16. The van der Waals surface area contributed by atoms with Gasteiger partial charge in [-0.3, -0.25) is 0 Å².